The summed E-state index contributed by atoms with van der Waals surface area (Å²) in [5.41, 5.74) is -0.268. The molecule has 0 heterocycles. The Morgan fingerprint density at radius 1 is 1.45 bits per heavy atom. The van der Waals surface area contributed by atoms with Crippen LogP contribution < -0.4 is 5.32 Å². The lowest BCUT2D eigenvalue weighted by Gasteiger charge is -2.19. The van der Waals surface area contributed by atoms with Crippen molar-refractivity contribution in [3.8, 4) is 0 Å². The van der Waals surface area contributed by atoms with Crippen molar-refractivity contribution in [3.63, 3.8) is 0 Å². The molecular weight excluding hydrogens is 279 g/mol. The second-order valence-electron chi connectivity index (χ2n) is 4.02. The van der Waals surface area contributed by atoms with Crippen LogP contribution in [-0.2, 0) is 0 Å². The first kappa shape index (κ1) is 15.7. The molecule has 1 rings (SSSR count). The summed E-state index contributed by atoms with van der Waals surface area (Å²) in [5, 5.41) is 13.2. The molecule has 1 N–H and O–H groups in total. The van der Waals surface area contributed by atoms with E-state index in [1.165, 1.54) is 7.05 Å². The van der Waals surface area contributed by atoms with Crippen LogP contribution in [0.1, 0.15) is 10.4 Å². The minimum absolute atomic E-state index is 0.0567. The molecule has 0 radical (unpaired) electrons. The highest BCUT2D eigenvalue weighted by Crippen LogP contribution is 2.26. The van der Waals surface area contributed by atoms with Gasteiger partial charge in [0, 0.05) is 25.7 Å². The van der Waals surface area contributed by atoms with E-state index in [2.05, 4.69) is 5.32 Å². The quantitative estimate of drug-likeness (QED) is 0.682. The van der Waals surface area contributed by atoms with E-state index < -0.39 is 23.6 Å². The average molecular weight is 291 g/mol. The number of anilines is 1. The second kappa shape index (κ2) is 5.76. The van der Waals surface area contributed by atoms with E-state index in [-0.39, 0.29) is 16.9 Å². The fourth-order valence-electron chi connectivity index (χ4n) is 1.59. The number of rotatable bonds is 4. The first-order chi connectivity index (χ1) is 9.15. The van der Waals surface area contributed by atoms with Crippen molar-refractivity contribution < 1.29 is 22.9 Å². The maximum absolute atomic E-state index is 12.2. The first-order valence-corrected chi connectivity index (χ1v) is 5.44. The smallest absolute Gasteiger partial charge is 0.383 e. The predicted octanol–water partition coefficient (Wildman–Crippen LogP) is 2.27. The average Bonchev–Trinajstić information content (AvgIpc) is 2.34. The summed E-state index contributed by atoms with van der Waals surface area (Å²) in [6.07, 6.45) is -4.50. The number of nitrogens with one attached hydrogen (secondary N) is 1. The Morgan fingerprint density at radius 3 is 2.50 bits per heavy atom. The summed E-state index contributed by atoms with van der Waals surface area (Å²) < 4.78 is 36.6. The topological polar surface area (TPSA) is 75.5 Å². The van der Waals surface area contributed by atoms with Crippen LogP contribution >= 0.6 is 0 Å². The summed E-state index contributed by atoms with van der Waals surface area (Å²) in [6.45, 7) is -1.39. The maximum atomic E-state index is 12.2. The van der Waals surface area contributed by atoms with Crippen LogP contribution in [-0.4, -0.2) is 42.5 Å². The number of nitrogens with zero attached hydrogens (tertiary/aromatic N) is 2. The normalized spacial score (nSPS) is 11.1. The Labute approximate surface area is 112 Å². The lowest BCUT2D eigenvalue weighted by atomic mass is 10.1. The molecule has 0 atom stereocenters. The van der Waals surface area contributed by atoms with Gasteiger partial charge in [0.15, 0.2) is 0 Å². The zero-order chi connectivity index (χ0) is 15.5. The molecule has 0 spiro atoms. The molecule has 6 nitrogen and oxygen atoms in total. The Kier molecular flexibility index (Phi) is 4.53. The third-order valence-corrected chi connectivity index (χ3v) is 2.47. The molecule has 110 valence electrons. The van der Waals surface area contributed by atoms with Crippen LogP contribution in [0.4, 0.5) is 24.5 Å². The van der Waals surface area contributed by atoms with E-state index in [9.17, 15) is 28.1 Å². The van der Waals surface area contributed by atoms with Gasteiger partial charge in [-0.1, -0.05) is 0 Å². The molecule has 0 fully saturated rings. The highest BCUT2D eigenvalue weighted by atomic mass is 19.4. The van der Waals surface area contributed by atoms with Gasteiger partial charge in [0.1, 0.15) is 12.2 Å². The van der Waals surface area contributed by atoms with Gasteiger partial charge in [-0.15, -0.1) is 0 Å². The van der Waals surface area contributed by atoms with Crippen LogP contribution in [0.25, 0.3) is 0 Å². The molecule has 0 aliphatic heterocycles. The van der Waals surface area contributed by atoms with Crippen molar-refractivity contribution in [2.75, 3.05) is 26.0 Å². The summed E-state index contributed by atoms with van der Waals surface area (Å²) in [4.78, 5) is 22.4. The SMILES string of the molecule is CNc1cc(C(=O)N(C)CC(F)(F)F)ccc1[N+](=O)[O-]. The van der Waals surface area contributed by atoms with Gasteiger partial charge in [-0.3, -0.25) is 14.9 Å². The third-order valence-electron chi connectivity index (χ3n) is 2.47. The fraction of sp³-hybridized carbons (Fsp3) is 0.364. The Morgan fingerprint density at radius 2 is 2.05 bits per heavy atom. The predicted molar refractivity (Wildman–Crippen MR) is 65.7 cm³/mol. The van der Waals surface area contributed by atoms with E-state index in [0.29, 0.717) is 4.90 Å². The molecule has 0 unspecified atom stereocenters. The van der Waals surface area contributed by atoms with Crippen LogP contribution in [0.2, 0.25) is 0 Å². The Bertz CT molecular complexity index is 531. The number of carbonyl (C=O) groups excluding carboxylic acids is 1. The van der Waals surface area contributed by atoms with E-state index in [4.69, 9.17) is 0 Å². The molecule has 0 saturated heterocycles. The first-order valence-electron chi connectivity index (χ1n) is 5.44. The van der Waals surface area contributed by atoms with Crippen LogP contribution in [0.5, 0.6) is 0 Å². The Hall–Kier alpha value is -2.32. The van der Waals surface area contributed by atoms with Crippen molar-refractivity contribution >= 4 is 17.3 Å². The van der Waals surface area contributed by atoms with E-state index >= 15 is 0 Å². The molecule has 9 heteroatoms. The van der Waals surface area contributed by atoms with Crippen LogP contribution in [0, 0.1) is 10.1 Å². The molecule has 0 aliphatic carbocycles. The molecule has 0 bridgehead atoms. The van der Waals surface area contributed by atoms with Crippen molar-refractivity contribution in [3.05, 3.63) is 33.9 Å². The fourth-order valence-corrected chi connectivity index (χ4v) is 1.59. The highest BCUT2D eigenvalue weighted by Gasteiger charge is 2.31. The highest BCUT2D eigenvalue weighted by molar-refractivity contribution is 5.95. The lowest BCUT2D eigenvalue weighted by Crippen LogP contribution is -2.35. The standard InChI is InChI=1S/C11H12F3N3O3/c1-15-8-5-7(3-4-9(8)17(19)20)10(18)16(2)6-11(12,13)14/h3-5,15H,6H2,1-2H3. The van der Waals surface area contributed by atoms with Crippen molar-refractivity contribution in [2.45, 2.75) is 6.18 Å². The summed E-state index contributed by atoms with van der Waals surface area (Å²) in [7, 11) is 2.42. The number of hydrogen-bond acceptors (Lipinski definition) is 4. The number of carbonyl (C=O) groups is 1. The summed E-state index contributed by atoms with van der Waals surface area (Å²) >= 11 is 0. The third kappa shape index (κ3) is 3.84. The van der Waals surface area contributed by atoms with E-state index in [1.54, 1.807) is 0 Å². The Balaban J connectivity index is 3.03. The number of nitro groups is 1. The maximum Gasteiger partial charge on any atom is 0.406 e. The molecule has 0 aromatic heterocycles. The molecule has 0 saturated carbocycles. The monoisotopic (exact) mass is 291 g/mol. The van der Waals surface area contributed by atoms with Crippen molar-refractivity contribution in [2.24, 2.45) is 0 Å². The molecule has 1 aromatic rings. The summed E-state index contributed by atoms with van der Waals surface area (Å²) in [6, 6.07) is 3.34. The molecule has 1 aromatic carbocycles. The number of nitro benzene ring substituents is 1. The van der Waals surface area contributed by atoms with Gasteiger partial charge in [-0.2, -0.15) is 13.2 Å². The molecule has 1 amide bonds. The van der Waals surface area contributed by atoms with Gasteiger partial charge >= 0.3 is 6.18 Å². The second-order valence-corrected chi connectivity index (χ2v) is 4.02. The summed E-state index contributed by atoms with van der Waals surface area (Å²) in [5.74, 6) is -0.867. The van der Waals surface area contributed by atoms with Gasteiger partial charge in [-0.25, -0.2) is 0 Å². The van der Waals surface area contributed by atoms with Gasteiger partial charge in [0.25, 0.3) is 11.6 Å². The van der Waals surface area contributed by atoms with E-state index in [0.717, 1.165) is 25.2 Å². The van der Waals surface area contributed by atoms with E-state index in [1.807, 2.05) is 0 Å². The van der Waals surface area contributed by atoms with Gasteiger partial charge in [0.05, 0.1) is 4.92 Å². The van der Waals surface area contributed by atoms with Gasteiger partial charge in [-0.05, 0) is 12.1 Å². The number of hydrogen-bond donors (Lipinski definition) is 1. The van der Waals surface area contributed by atoms with Gasteiger partial charge < -0.3 is 10.2 Å². The van der Waals surface area contributed by atoms with Crippen LogP contribution in [0.15, 0.2) is 18.2 Å². The largest absolute Gasteiger partial charge is 0.406 e. The lowest BCUT2D eigenvalue weighted by molar-refractivity contribution is -0.383. The molecular formula is C11H12F3N3O3. The zero-order valence-corrected chi connectivity index (χ0v) is 10.7. The minimum atomic E-state index is -4.50. The molecule has 20 heavy (non-hydrogen) atoms. The van der Waals surface area contributed by atoms with Gasteiger partial charge in [0.2, 0.25) is 0 Å². The van der Waals surface area contributed by atoms with Crippen molar-refractivity contribution in [1.29, 1.82) is 0 Å². The number of alkyl halides is 3. The zero-order valence-electron chi connectivity index (χ0n) is 10.7. The molecule has 0 aliphatic rings. The minimum Gasteiger partial charge on any atom is -0.383 e. The van der Waals surface area contributed by atoms with Crippen molar-refractivity contribution in [1.82, 2.24) is 4.90 Å². The number of benzene rings is 1. The number of halogens is 3. The van der Waals surface area contributed by atoms with Crippen LogP contribution in [0.3, 0.4) is 0 Å². The number of amides is 1.